The first-order valence-electron chi connectivity index (χ1n) is 6.61. The molecule has 0 spiro atoms. The van der Waals surface area contributed by atoms with Gasteiger partial charge in [-0.1, -0.05) is 13.8 Å². The van der Waals surface area contributed by atoms with Crippen molar-refractivity contribution in [3.8, 4) is 0 Å². The van der Waals surface area contributed by atoms with Crippen LogP contribution in [-0.4, -0.2) is 48.0 Å². The van der Waals surface area contributed by atoms with Crippen LogP contribution in [0.15, 0.2) is 6.07 Å². The fourth-order valence-electron chi connectivity index (χ4n) is 2.27. The van der Waals surface area contributed by atoms with Gasteiger partial charge < -0.3 is 15.4 Å². The fourth-order valence-corrected chi connectivity index (χ4v) is 2.27. The molecule has 0 bridgehead atoms. The Labute approximate surface area is 113 Å². The smallest absolute Gasteiger partial charge is 0.269 e. The first-order valence-corrected chi connectivity index (χ1v) is 6.61. The molecule has 6 nitrogen and oxygen atoms in total. The molecule has 0 saturated carbocycles. The van der Waals surface area contributed by atoms with Crippen LogP contribution >= 0.6 is 0 Å². The maximum Gasteiger partial charge on any atom is 0.269 e. The molecule has 0 unspecified atom stereocenters. The summed E-state index contributed by atoms with van der Waals surface area (Å²) in [5, 5.41) is 10.6. The highest BCUT2D eigenvalue weighted by Gasteiger charge is 2.29. The summed E-state index contributed by atoms with van der Waals surface area (Å²) in [7, 11) is 3.46. The Bertz CT molecular complexity index is 455. The summed E-state index contributed by atoms with van der Waals surface area (Å²) < 4.78 is 6.97. The van der Waals surface area contributed by atoms with Crippen LogP contribution in [0.5, 0.6) is 0 Å². The van der Waals surface area contributed by atoms with Crippen molar-refractivity contribution >= 4 is 5.91 Å². The van der Waals surface area contributed by atoms with Crippen LogP contribution in [0, 0.1) is 0 Å². The van der Waals surface area contributed by atoms with Crippen LogP contribution in [0.2, 0.25) is 0 Å². The number of nitrogens with zero attached hydrogens (tertiary/aromatic N) is 2. The summed E-state index contributed by atoms with van der Waals surface area (Å²) in [6, 6.07) is 1.86. The standard InChI is InChI=1S/C13H22N4O2/c1-8(2)9-5-11(17(3)16-9)13(18)15-10-6-14-7-12(10)19-4/h5,8,10,12,14H,6-7H2,1-4H3,(H,15,18)/t10-,12-/m0/s1. The molecule has 1 aromatic heterocycles. The summed E-state index contributed by atoms with van der Waals surface area (Å²) >= 11 is 0. The number of carbonyl (C=O) groups is 1. The average Bonchev–Trinajstić information content (AvgIpc) is 2.95. The van der Waals surface area contributed by atoms with E-state index in [-0.39, 0.29) is 18.1 Å². The average molecular weight is 266 g/mol. The molecule has 106 valence electrons. The Hall–Kier alpha value is -1.40. The van der Waals surface area contributed by atoms with Crippen LogP contribution in [0.4, 0.5) is 0 Å². The minimum atomic E-state index is -0.0994. The second-order valence-corrected chi connectivity index (χ2v) is 5.25. The van der Waals surface area contributed by atoms with Gasteiger partial charge in [-0.05, 0) is 12.0 Å². The molecule has 2 rings (SSSR count). The van der Waals surface area contributed by atoms with Crippen molar-refractivity contribution in [2.24, 2.45) is 7.05 Å². The first-order chi connectivity index (χ1) is 9.02. The van der Waals surface area contributed by atoms with Crippen molar-refractivity contribution in [1.29, 1.82) is 0 Å². The second-order valence-electron chi connectivity index (χ2n) is 5.25. The maximum atomic E-state index is 12.3. The lowest BCUT2D eigenvalue weighted by molar-refractivity contribution is 0.0773. The number of nitrogens with one attached hydrogen (secondary N) is 2. The molecule has 1 saturated heterocycles. The Morgan fingerprint density at radius 2 is 2.32 bits per heavy atom. The number of hydrogen-bond donors (Lipinski definition) is 2. The van der Waals surface area contributed by atoms with E-state index in [0.29, 0.717) is 11.6 Å². The molecule has 6 heteroatoms. The largest absolute Gasteiger partial charge is 0.378 e. The highest BCUT2D eigenvalue weighted by molar-refractivity contribution is 5.93. The number of ether oxygens (including phenoxy) is 1. The van der Waals surface area contributed by atoms with E-state index in [1.807, 2.05) is 6.07 Å². The monoisotopic (exact) mass is 266 g/mol. The summed E-state index contributed by atoms with van der Waals surface area (Å²) in [4.78, 5) is 12.3. The summed E-state index contributed by atoms with van der Waals surface area (Å²) in [5.74, 6) is 0.213. The van der Waals surface area contributed by atoms with Crippen molar-refractivity contribution in [1.82, 2.24) is 20.4 Å². The zero-order valence-electron chi connectivity index (χ0n) is 11.9. The number of hydrogen-bond acceptors (Lipinski definition) is 4. The third-order valence-electron chi connectivity index (χ3n) is 3.50. The van der Waals surface area contributed by atoms with Crippen molar-refractivity contribution in [3.05, 3.63) is 17.5 Å². The zero-order valence-corrected chi connectivity index (χ0v) is 11.9. The third-order valence-corrected chi connectivity index (χ3v) is 3.50. The SMILES string of the molecule is CO[C@H]1CNC[C@@H]1NC(=O)c1cc(C(C)C)nn1C. The minimum absolute atomic E-state index is 0.00917. The number of aryl methyl sites for hydroxylation is 1. The van der Waals surface area contributed by atoms with Gasteiger partial charge in [0, 0.05) is 27.2 Å². The van der Waals surface area contributed by atoms with Gasteiger partial charge in [0.15, 0.2) is 0 Å². The fraction of sp³-hybridized carbons (Fsp3) is 0.692. The Morgan fingerprint density at radius 1 is 1.58 bits per heavy atom. The van der Waals surface area contributed by atoms with Gasteiger partial charge in [0.2, 0.25) is 0 Å². The zero-order chi connectivity index (χ0) is 14.0. The Morgan fingerprint density at radius 3 is 2.89 bits per heavy atom. The summed E-state index contributed by atoms with van der Waals surface area (Å²) in [6.45, 7) is 5.63. The highest BCUT2D eigenvalue weighted by Crippen LogP contribution is 2.14. The van der Waals surface area contributed by atoms with E-state index in [0.717, 1.165) is 18.8 Å². The van der Waals surface area contributed by atoms with Crippen molar-refractivity contribution in [3.63, 3.8) is 0 Å². The van der Waals surface area contributed by atoms with Crippen LogP contribution in [0.25, 0.3) is 0 Å². The number of rotatable bonds is 4. The van der Waals surface area contributed by atoms with Gasteiger partial charge in [-0.2, -0.15) is 5.10 Å². The van der Waals surface area contributed by atoms with Crippen molar-refractivity contribution in [2.45, 2.75) is 31.9 Å². The lowest BCUT2D eigenvalue weighted by atomic mass is 10.1. The molecule has 1 fully saturated rings. The molecule has 1 aliphatic heterocycles. The molecule has 1 aromatic rings. The van der Waals surface area contributed by atoms with Gasteiger partial charge in [0.05, 0.1) is 17.8 Å². The molecule has 2 heterocycles. The first kappa shape index (κ1) is 14.0. The third kappa shape index (κ3) is 2.96. The van der Waals surface area contributed by atoms with E-state index >= 15 is 0 Å². The second kappa shape index (κ2) is 5.71. The molecular weight excluding hydrogens is 244 g/mol. The lowest BCUT2D eigenvalue weighted by Crippen LogP contribution is -2.44. The molecule has 0 aromatic carbocycles. The minimum Gasteiger partial charge on any atom is -0.378 e. The molecule has 0 radical (unpaired) electrons. The van der Waals surface area contributed by atoms with Gasteiger partial charge in [0.1, 0.15) is 5.69 Å². The van der Waals surface area contributed by atoms with Gasteiger partial charge >= 0.3 is 0 Å². The normalized spacial score (nSPS) is 23.0. The highest BCUT2D eigenvalue weighted by atomic mass is 16.5. The number of carbonyl (C=O) groups excluding carboxylic acids is 1. The van der Waals surface area contributed by atoms with E-state index in [2.05, 4.69) is 29.6 Å². The number of aromatic nitrogens is 2. The molecule has 0 aliphatic carbocycles. The molecule has 2 atom stereocenters. The van der Waals surface area contributed by atoms with E-state index in [4.69, 9.17) is 4.74 Å². The molecule has 1 amide bonds. The van der Waals surface area contributed by atoms with Crippen LogP contribution in [-0.2, 0) is 11.8 Å². The van der Waals surface area contributed by atoms with Crippen molar-refractivity contribution < 1.29 is 9.53 Å². The topological polar surface area (TPSA) is 68.2 Å². The summed E-state index contributed by atoms with van der Waals surface area (Å²) in [6.07, 6.45) is 0.0294. The van der Waals surface area contributed by atoms with Gasteiger partial charge in [-0.3, -0.25) is 9.48 Å². The molecular formula is C13H22N4O2. The van der Waals surface area contributed by atoms with E-state index in [1.165, 1.54) is 0 Å². The Balaban J connectivity index is 2.07. The number of methoxy groups -OCH3 is 1. The van der Waals surface area contributed by atoms with Gasteiger partial charge in [-0.25, -0.2) is 0 Å². The lowest BCUT2D eigenvalue weighted by Gasteiger charge is -2.18. The van der Waals surface area contributed by atoms with Gasteiger partial charge in [0.25, 0.3) is 5.91 Å². The molecule has 1 aliphatic rings. The number of amides is 1. The predicted octanol–water partition coefficient (Wildman–Crippen LogP) is 0.260. The summed E-state index contributed by atoms with van der Waals surface area (Å²) in [5.41, 5.74) is 1.52. The van der Waals surface area contributed by atoms with E-state index in [9.17, 15) is 4.79 Å². The van der Waals surface area contributed by atoms with Crippen LogP contribution in [0.3, 0.4) is 0 Å². The van der Waals surface area contributed by atoms with E-state index in [1.54, 1.807) is 18.8 Å². The molecule has 2 N–H and O–H groups in total. The van der Waals surface area contributed by atoms with Crippen LogP contribution in [0.1, 0.15) is 35.9 Å². The molecule has 19 heavy (non-hydrogen) atoms. The quantitative estimate of drug-likeness (QED) is 0.820. The Kier molecular flexibility index (Phi) is 4.21. The van der Waals surface area contributed by atoms with Gasteiger partial charge in [-0.15, -0.1) is 0 Å². The van der Waals surface area contributed by atoms with E-state index < -0.39 is 0 Å². The maximum absolute atomic E-state index is 12.3. The van der Waals surface area contributed by atoms with Crippen LogP contribution < -0.4 is 10.6 Å². The van der Waals surface area contributed by atoms with Crippen molar-refractivity contribution in [2.75, 3.05) is 20.2 Å². The predicted molar refractivity (Wildman–Crippen MR) is 72.2 cm³/mol.